The number of allylic oxidation sites excluding steroid dienone is 1. The summed E-state index contributed by atoms with van der Waals surface area (Å²) in [5.41, 5.74) is 5.78. The Labute approximate surface area is 75.3 Å². The molecule has 66 valence electrons. The summed E-state index contributed by atoms with van der Waals surface area (Å²) in [5.74, 6) is -0.656. The van der Waals surface area contributed by atoms with Gasteiger partial charge in [-0.25, -0.2) is 9.37 Å². The van der Waals surface area contributed by atoms with Crippen LogP contribution in [0, 0.1) is 17.1 Å². The summed E-state index contributed by atoms with van der Waals surface area (Å²) in [6.07, 6.45) is 5.00. The number of aromatic nitrogens is 1. The fraction of sp³-hybridized carbons (Fsp3) is 0.111. The number of nitrogen functional groups attached to an aromatic ring is 1. The van der Waals surface area contributed by atoms with Crippen molar-refractivity contribution < 1.29 is 4.39 Å². The number of hydrogen-bond acceptors (Lipinski definition) is 3. The average molecular weight is 177 g/mol. The van der Waals surface area contributed by atoms with E-state index in [2.05, 4.69) is 4.98 Å². The van der Waals surface area contributed by atoms with Crippen molar-refractivity contribution in [2.45, 2.75) is 6.42 Å². The van der Waals surface area contributed by atoms with Crippen LogP contribution in [0.25, 0.3) is 6.08 Å². The third-order valence-corrected chi connectivity index (χ3v) is 1.41. The predicted octanol–water partition coefficient (Wildman–Crippen LogP) is 1.73. The van der Waals surface area contributed by atoms with Crippen molar-refractivity contribution in [3.05, 3.63) is 29.7 Å². The van der Waals surface area contributed by atoms with Crippen molar-refractivity contribution >= 4 is 11.9 Å². The van der Waals surface area contributed by atoms with Crippen molar-refractivity contribution in [3.8, 4) is 6.07 Å². The molecule has 4 heteroatoms. The second-order valence-corrected chi connectivity index (χ2v) is 2.40. The Morgan fingerprint density at radius 2 is 2.46 bits per heavy atom. The molecule has 1 aromatic heterocycles. The molecule has 0 amide bonds. The maximum Gasteiger partial charge on any atom is 0.165 e. The molecule has 0 aliphatic heterocycles. The zero-order chi connectivity index (χ0) is 9.68. The molecule has 2 N–H and O–H groups in total. The Bertz CT molecular complexity index is 366. The van der Waals surface area contributed by atoms with Crippen LogP contribution in [0.5, 0.6) is 0 Å². The smallest absolute Gasteiger partial charge is 0.165 e. The first-order chi connectivity index (χ1) is 6.24. The van der Waals surface area contributed by atoms with Crippen LogP contribution in [0.1, 0.15) is 12.0 Å². The maximum atomic E-state index is 12.8. The Morgan fingerprint density at radius 1 is 1.69 bits per heavy atom. The molecule has 0 bridgehead atoms. The van der Waals surface area contributed by atoms with E-state index in [1.54, 1.807) is 12.2 Å². The minimum absolute atomic E-state index is 0.113. The van der Waals surface area contributed by atoms with Gasteiger partial charge in [0.2, 0.25) is 0 Å². The van der Waals surface area contributed by atoms with Crippen LogP contribution >= 0.6 is 0 Å². The molecule has 1 rings (SSSR count). The van der Waals surface area contributed by atoms with Gasteiger partial charge in [0.15, 0.2) is 11.6 Å². The van der Waals surface area contributed by atoms with E-state index in [9.17, 15) is 4.39 Å². The molecule has 0 saturated heterocycles. The lowest BCUT2D eigenvalue weighted by molar-refractivity contribution is 0.627. The predicted molar refractivity (Wildman–Crippen MR) is 47.9 cm³/mol. The molecule has 0 aromatic carbocycles. The van der Waals surface area contributed by atoms with Crippen LogP contribution in [-0.4, -0.2) is 4.98 Å². The quantitative estimate of drug-likeness (QED) is 0.748. The molecule has 0 unspecified atom stereocenters. The van der Waals surface area contributed by atoms with Crippen LogP contribution < -0.4 is 5.73 Å². The molecule has 0 saturated carbocycles. The van der Waals surface area contributed by atoms with Crippen molar-refractivity contribution in [3.63, 3.8) is 0 Å². The molecule has 3 nitrogen and oxygen atoms in total. The Hall–Kier alpha value is -1.89. The molecular formula is C9H8FN3. The number of rotatable bonds is 2. The van der Waals surface area contributed by atoms with Crippen LogP contribution in [0.4, 0.5) is 10.2 Å². The lowest BCUT2D eigenvalue weighted by Crippen LogP contribution is -1.94. The number of nitriles is 1. The SMILES string of the molecule is N#CCC=Cc1cnc(N)c(F)c1. The van der Waals surface area contributed by atoms with Gasteiger partial charge in [-0.05, 0) is 11.6 Å². The highest BCUT2D eigenvalue weighted by molar-refractivity contribution is 5.50. The zero-order valence-corrected chi connectivity index (χ0v) is 6.87. The topological polar surface area (TPSA) is 62.7 Å². The summed E-state index contributed by atoms with van der Waals surface area (Å²) in [7, 11) is 0. The van der Waals surface area contributed by atoms with Crippen LogP contribution in [0.3, 0.4) is 0 Å². The standard InChI is InChI=1S/C9H8FN3/c10-8-5-7(3-1-2-4-11)6-13-9(8)12/h1,3,5-6H,2H2,(H2,12,13). The van der Waals surface area contributed by atoms with E-state index in [0.29, 0.717) is 12.0 Å². The highest BCUT2D eigenvalue weighted by atomic mass is 19.1. The summed E-state index contributed by atoms with van der Waals surface area (Å²) >= 11 is 0. The lowest BCUT2D eigenvalue weighted by atomic mass is 10.2. The fourth-order valence-electron chi connectivity index (χ4n) is 0.802. The third kappa shape index (κ3) is 2.56. The minimum atomic E-state index is -0.542. The Balaban J connectivity index is 2.81. The highest BCUT2D eigenvalue weighted by Gasteiger charge is 1.97. The summed E-state index contributed by atoms with van der Waals surface area (Å²) < 4.78 is 12.8. The van der Waals surface area contributed by atoms with E-state index >= 15 is 0 Å². The van der Waals surface area contributed by atoms with Gasteiger partial charge in [-0.15, -0.1) is 0 Å². The Morgan fingerprint density at radius 3 is 3.08 bits per heavy atom. The number of nitrogens with two attached hydrogens (primary N) is 1. The molecule has 0 atom stereocenters. The van der Waals surface area contributed by atoms with Crippen molar-refractivity contribution in [2.24, 2.45) is 0 Å². The number of pyridine rings is 1. The molecule has 13 heavy (non-hydrogen) atoms. The summed E-state index contributed by atoms with van der Waals surface area (Å²) in [6.45, 7) is 0. The van der Waals surface area contributed by atoms with Crippen LogP contribution in [0.2, 0.25) is 0 Å². The van der Waals surface area contributed by atoms with Gasteiger partial charge in [0, 0.05) is 6.20 Å². The van der Waals surface area contributed by atoms with Gasteiger partial charge in [-0.2, -0.15) is 5.26 Å². The molecule has 0 fully saturated rings. The highest BCUT2D eigenvalue weighted by Crippen LogP contribution is 2.09. The molecule has 0 spiro atoms. The first-order valence-corrected chi connectivity index (χ1v) is 3.68. The molecule has 0 radical (unpaired) electrons. The normalized spacial score (nSPS) is 10.2. The fourth-order valence-corrected chi connectivity index (χ4v) is 0.802. The van der Waals surface area contributed by atoms with Crippen molar-refractivity contribution in [2.75, 3.05) is 5.73 Å². The molecular weight excluding hydrogens is 169 g/mol. The summed E-state index contributed by atoms with van der Waals surface area (Å²) in [5, 5.41) is 8.23. The van der Waals surface area contributed by atoms with Crippen molar-refractivity contribution in [1.82, 2.24) is 4.98 Å². The van der Waals surface area contributed by atoms with Gasteiger partial charge in [0.25, 0.3) is 0 Å². The number of anilines is 1. The second kappa shape index (κ2) is 4.21. The number of halogens is 1. The number of hydrogen-bond donors (Lipinski definition) is 1. The van der Waals surface area contributed by atoms with E-state index in [1.165, 1.54) is 12.3 Å². The van der Waals surface area contributed by atoms with E-state index in [-0.39, 0.29) is 5.82 Å². The molecule has 0 aliphatic carbocycles. The Kier molecular flexibility index (Phi) is 2.98. The first kappa shape index (κ1) is 9.20. The van der Waals surface area contributed by atoms with Crippen LogP contribution in [0.15, 0.2) is 18.3 Å². The third-order valence-electron chi connectivity index (χ3n) is 1.41. The average Bonchev–Trinajstić information content (AvgIpc) is 2.12. The van der Waals surface area contributed by atoms with Gasteiger partial charge in [0.1, 0.15) is 0 Å². The minimum Gasteiger partial charge on any atom is -0.381 e. The largest absolute Gasteiger partial charge is 0.381 e. The summed E-state index contributed by atoms with van der Waals surface area (Å²) in [6, 6.07) is 3.21. The molecule has 1 aromatic rings. The molecule has 1 heterocycles. The first-order valence-electron chi connectivity index (χ1n) is 3.68. The zero-order valence-electron chi connectivity index (χ0n) is 6.87. The monoisotopic (exact) mass is 177 g/mol. The lowest BCUT2D eigenvalue weighted by Gasteiger charge is -1.95. The molecule has 0 aliphatic rings. The van der Waals surface area contributed by atoms with Crippen molar-refractivity contribution in [1.29, 1.82) is 5.26 Å². The van der Waals surface area contributed by atoms with Gasteiger partial charge < -0.3 is 5.73 Å². The van der Waals surface area contributed by atoms with Gasteiger partial charge in [0.05, 0.1) is 12.5 Å². The van der Waals surface area contributed by atoms with E-state index < -0.39 is 5.82 Å². The maximum absolute atomic E-state index is 12.8. The van der Waals surface area contributed by atoms with E-state index in [0.717, 1.165) is 0 Å². The van der Waals surface area contributed by atoms with Gasteiger partial charge >= 0.3 is 0 Å². The van der Waals surface area contributed by atoms with E-state index in [1.807, 2.05) is 6.07 Å². The van der Waals surface area contributed by atoms with Gasteiger partial charge in [-0.1, -0.05) is 12.2 Å². The second-order valence-electron chi connectivity index (χ2n) is 2.40. The van der Waals surface area contributed by atoms with E-state index in [4.69, 9.17) is 11.0 Å². The van der Waals surface area contributed by atoms with Crippen LogP contribution in [-0.2, 0) is 0 Å². The summed E-state index contributed by atoms with van der Waals surface area (Å²) in [4.78, 5) is 3.63. The number of nitrogens with zero attached hydrogens (tertiary/aromatic N) is 2. The van der Waals surface area contributed by atoms with Gasteiger partial charge in [-0.3, -0.25) is 0 Å².